The molecule has 0 saturated carbocycles. The summed E-state index contributed by atoms with van der Waals surface area (Å²) >= 11 is 0. The number of carbonyl (C=O) groups excluding carboxylic acids is 1. The topological polar surface area (TPSA) is 50.2 Å². The third kappa shape index (κ3) is 2.96. The Bertz CT molecular complexity index is 735. The Morgan fingerprint density at radius 1 is 1.35 bits per heavy atom. The molecular weight excluding hydrogens is 288 g/mol. The number of nitrogens with zero attached hydrogens (tertiary/aromatic N) is 3. The molecule has 23 heavy (non-hydrogen) atoms. The highest BCUT2D eigenvalue weighted by molar-refractivity contribution is 5.95. The van der Waals surface area contributed by atoms with E-state index in [9.17, 15) is 4.79 Å². The second-order valence-corrected chi connectivity index (χ2v) is 6.36. The molecule has 1 aliphatic rings. The van der Waals surface area contributed by atoms with Crippen LogP contribution in [0.15, 0.2) is 24.3 Å². The first-order valence-electron chi connectivity index (χ1n) is 8.12. The number of rotatable bonds is 3. The molecule has 122 valence electrons. The maximum absolute atomic E-state index is 12.6. The van der Waals surface area contributed by atoms with E-state index in [1.54, 1.807) is 4.68 Å². The van der Waals surface area contributed by atoms with Crippen LogP contribution in [0.25, 0.3) is 0 Å². The summed E-state index contributed by atoms with van der Waals surface area (Å²) in [6, 6.07) is 8.74. The lowest BCUT2D eigenvalue weighted by Crippen LogP contribution is -2.42. The van der Waals surface area contributed by atoms with Crippen LogP contribution in [0.1, 0.15) is 30.3 Å². The molecule has 0 saturated heterocycles. The molecule has 5 nitrogen and oxygen atoms in total. The summed E-state index contributed by atoms with van der Waals surface area (Å²) in [5.74, 6) is 0.00718. The van der Waals surface area contributed by atoms with Gasteiger partial charge < -0.3 is 10.2 Å². The van der Waals surface area contributed by atoms with E-state index in [0.29, 0.717) is 12.6 Å². The number of fused-ring (bicyclic) bond motifs is 1. The summed E-state index contributed by atoms with van der Waals surface area (Å²) in [5.41, 5.74) is 5.16. The van der Waals surface area contributed by atoms with Gasteiger partial charge in [0.1, 0.15) is 0 Å². The van der Waals surface area contributed by atoms with Gasteiger partial charge in [-0.1, -0.05) is 18.2 Å². The lowest BCUT2D eigenvalue weighted by atomic mass is 9.96. The molecule has 0 fully saturated rings. The number of carbonyl (C=O) groups is 1. The van der Waals surface area contributed by atoms with E-state index in [0.717, 1.165) is 29.9 Å². The van der Waals surface area contributed by atoms with Gasteiger partial charge >= 0.3 is 0 Å². The smallest absolute Gasteiger partial charge is 0.244 e. The average molecular weight is 312 g/mol. The second kappa shape index (κ2) is 6.07. The van der Waals surface area contributed by atoms with Crippen molar-refractivity contribution in [3.63, 3.8) is 0 Å². The van der Waals surface area contributed by atoms with Crippen LogP contribution in [0, 0.1) is 13.8 Å². The first kappa shape index (κ1) is 15.6. The second-order valence-electron chi connectivity index (χ2n) is 6.36. The van der Waals surface area contributed by atoms with Gasteiger partial charge in [0.05, 0.1) is 23.6 Å². The van der Waals surface area contributed by atoms with Crippen LogP contribution in [0.2, 0.25) is 0 Å². The average Bonchev–Trinajstić information content (AvgIpc) is 2.76. The molecule has 0 radical (unpaired) electrons. The van der Waals surface area contributed by atoms with E-state index in [-0.39, 0.29) is 5.91 Å². The van der Waals surface area contributed by atoms with Crippen LogP contribution in [-0.2, 0) is 18.3 Å². The lowest BCUT2D eigenvalue weighted by molar-refractivity contribution is -0.115. The van der Waals surface area contributed by atoms with Gasteiger partial charge in [-0.15, -0.1) is 0 Å². The van der Waals surface area contributed by atoms with E-state index in [2.05, 4.69) is 40.4 Å². The molecule has 0 unspecified atom stereocenters. The molecule has 0 aliphatic carbocycles. The van der Waals surface area contributed by atoms with Gasteiger partial charge in [0.15, 0.2) is 0 Å². The molecule has 1 aliphatic heterocycles. The standard InChI is InChI=1S/C18H24N4O/c1-12-9-10-15-7-5-6-8-16(15)22(12)11-17(23)19-18-13(2)20-21(4)14(18)3/h5-8,12H,9-11H2,1-4H3,(H,19,23)/t12-/m0/s1. The molecule has 1 N–H and O–H groups in total. The van der Waals surface area contributed by atoms with Crippen molar-refractivity contribution in [1.82, 2.24) is 9.78 Å². The summed E-state index contributed by atoms with van der Waals surface area (Å²) in [6.07, 6.45) is 2.16. The number of anilines is 2. The van der Waals surface area contributed by atoms with Gasteiger partial charge in [-0.05, 0) is 45.2 Å². The molecular formula is C18H24N4O. The monoisotopic (exact) mass is 312 g/mol. The minimum atomic E-state index is 0.00718. The van der Waals surface area contributed by atoms with Crippen LogP contribution in [0.5, 0.6) is 0 Å². The zero-order chi connectivity index (χ0) is 16.6. The van der Waals surface area contributed by atoms with Crippen molar-refractivity contribution in [2.24, 2.45) is 7.05 Å². The highest BCUT2D eigenvalue weighted by Gasteiger charge is 2.25. The van der Waals surface area contributed by atoms with Crippen LogP contribution >= 0.6 is 0 Å². The maximum Gasteiger partial charge on any atom is 0.244 e. The van der Waals surface area contributed by atoms with Gasteiger partial charge in [0.25, 0.3) is 0 Å². The molecule has 0 bridgehead atoms. The molecule has 1 atom stereocenters. The summed E-state index contributed by atoms with van der Waals surface area (Å²) < 4.78 is 1.80. The molecule has 1 aromatic carbocycles. The Balaban J connectivity index is 1.78. The Kier molecular flexibility index (Phi) is 4.11. The number of aryl methyl sites for hydroxylation is 3. The van der Waals surface area contributed by atoms with E-state index in [1.807, 2.05) is 27.0 Å². The number of para-hydroxylation sites is 1. The van der Waals surface area contributed by atoms with Gasteiger partial charge in [-0.2, -0.15) is 5.10 Å². The Hall–Kier alpha value is -2.30. The van der Waals surface area contributed by atoms with Gasteiger partial charge in [0, 0.05) is 18.8 Å². The predicted octanol–water partition coefficient (Wildman–Crippen LogP) is 2.82. The summed E-state index contributed by atoms with van der Waals surface area (Å²) in [7, 11) is 1.89. The first-order chi connectivity index (χ1) is 11.0. The highest BCUT2D eigenvalue weighted by Crippen LogP contribution is 2.30. The predicted molar refractivity (Wildman–Crippen MR) is 92.9 cm³/mol. The first-order valence-corrected chi connectivity index (χ1v) is 8.12. The number of hydrogen-bond donors (Lipinski definition) is 1. The fourth-order valence-electron chi connectivity index (χ4n) is 3.29. The van der Waals surface area contributed by atoms with E-state index >= 15 is 0 Å². The fraction of sp³-hybridized carbons (Fsp3) is 0.444. The van der Waals surface area contributed by atoms with Crippen molar-refractivity contribution in [3.05, 3.63) is 41.2 Å². The number of benzene rings is 1. The quantitative estimate of drug-likeness (QED) is 0.948. The number of nitrogens with one attached hydrogen (secondary N) is 1. The zero-order valence-corrected chi connectivity index (χ0v) is 14.3. The number of aromatic nitrogens is 2. The highest BCUT2D eigenvalue weighted by atomic mass is 16.2. The summed E-state index contributed by atoms with van der Waals surface area (Å²) in [6.45, 7) is 6.44. The zero-order valence-electron chi connectivity index (χ0n) is 14.3. The maximum atomic E-state index is 12.6. The number of amides is 1. The van der Waals surface area contributed by atoms with Crippen molar-refractivity contribution in [2.75, 3.05) is 16.8 Å². The van der Waals surface area contributed by atoms with Crippen LogP contribution in [0.3, 0.4) is 0 Å². The number of hydrogen-bond acceptors (Lipinski definition) is 3. The van der Waals surface area contributed by atoms with Crippen molar-refractivity contribution < 1.29 is 4.79 Å². The van der Waals surface area contributed by atoms with Crippen LogP contribution < -0.4 is 10.2 Å². The fourth-order valence-corrected chi connectivity index (χ4v) is 3.29. The molecule has 2 heterocycles. The third-order valence-corrected chi connectivity index (χ3v) is 4.75. The SMILES string of the molecule is Cc1nn(C)c(C)c1NC(=O)CN1c2ccccc2CC[C@@H]1C. The van der Waals surface area contributed by atoms with E-state index in [1.165, 1.54) is 11.3 Å². The molecule has 3 rings (SSSR count). The Morgan fingerprint density at radius 3 is 2.78 bits per heavy atom. The normalized spacial score (nSPS) is 17.0. The van der Waals surface area contributed by atoms with Crippen molar-refractivity contribution in [2.45, 2.75) is 39.7 Å². The van der Waals surface area contributed by atoms with Crippen LogP contribution in [-0.4, -0.2) is 28.3 Å². The molecule has 1 aromatic heterocycles. The van der Waals surface area contributed by atoms with Crippen molar-refractivity contribution in [1.29, 1.82) is 0 Å². The van der Waals surface area contributed by atoms with Gasteiger partial charge in [-0.25, -0.2) is 0 Å². The van der Waals surface area contributed by atoms with Crippen molar-refractivity contribution >= 4 is 17.3 Å². The third-order valence-electron chi connectivity index (χ3n) is 4.75. The van der Waals surface area contributed by atoms with Crippen LogP contribution in [0.4, 0.5) is 11.4 Å². The molecule has 2 aromatic rings. The minimum absolute atomic E-state index is 0.00718. The molecule has 0 spiro atoms. The minimum Gasteiger partial charge on any atom is -0.359 e. The molecule has 1 amide bonds. The summed E-state index contributed by atoms with van der Waals surface area (Å²) in [5, 5.41) is 7.38. The largest absolute Gasteiger partial charge is 0.359 e. The summed E-state index contributed by atoms with van der Waals surface area (Å²) in [4.78, 5) is 14.8. The van der Waals surface area contributed by atoms with Gasteiger partial charge in [0.2, 0.25) is 5.91 Å². The van der Waals surface area contributed by atoms with Crippen molar-refractivity contribution in [3.8, 4) is 0 Å². The van der Waals surface area contributed by atoms with E-state index < -0.39 is 0 Å². The Morgan fingerprint density at radius 2 is 2.09 bits per heavy atom. The Labute approximate surface area is 137 Å². The van der Waals surface area contributed by atoms with Gasteiger partial charge in [-0.3, -0.25) is 9.48 Å². The lowest BCUT2D eigenvalue weighted by Gasteiger charge is -2.36. The molecule has 5 heteroatoms. The van der Waals surface area contributed by atoms with E-state index in [4.69, 9.17) is 0 Å².